The molecule has 3 heterocycles. The first-order valence-electron chi connectivity index (χ1n) is 10.9. The van der Waals surface area contributed by atoms with E-state index in [2.05, 4.69) is 4.98 Å². The van der Waals surface area contributed by atoms with Gasteiger partial charge in [-0.15, -0.1) is 11.3 Å². The smallest absolute Gasteiger partial charge is 0.263 e. The molecule has 2 aliphatic rings. The van der Waals surface area contributed by atoms with Gasteiger partial charge in [-0.25, -0.2) is 4.98 Å². The van der Waals surface area contributed by atoms with Crippen molar-refractivity contribution < 1.29 is 4.79 Å². The fraction of sp³-hybridized carbons (Fsp3) is 0.458. The highest BCUT2D eigenvalue weighted by Gasteiger charge is 2.33. The Morgan fingerprint density at radius 3 is 2.70 bits per heavy atom. The van der Waals surface area contributed by atoms with Gasteiger partial charge in [-0.2, -0.15) is 0 Å². The molecule has 1 saturated carbocycles. The fourth-order valence-electron chi connectivity index (χ4n) is 5.28. The number of benzene rings is 1. The second-order valence-electron chi connectivity index (χ2n) is 8.69. The Bertz CT molecular complexity index is 1130. The molecular formula is C24H27N3O2S. The van der Waals surface area contributed by atoms with Crippen LogP contribution in [0.15, 0.2) is 41.5 Å². The molecule has 156 valence electrons. The maximum absolute atomic E-state index is 13.3. The van der Waals surface area contributed by atoms with Gasteiger partial charge < -0.3 is 4.90 Å². The molecule has 0 N–H and O–H groups in total. The average Bonchev–Trinajstić information content (AvgIpc) is 3.12. The van der Waals surface area contributed by atoms with E-state index in [0.29, 0.717) is 11.3 Å². The largest absolute Gasteiger partial charge is 0.341 e. The van der Waals surface area contributed by atoms with Gasteiger partial charge in [0, 0.05) is 23.5 Å². The fourth-order valence-corrected chi connectivity index (χ4v) is 6.28. The van der Waals surface area contributed by atoms with Crippen LogP contribution >= 0.6 is 11.3 Å². The molecule has 2 atom stereocenters. The van der Waals surface area contributed by atoms with E-state index < -0.39 is 0 Å². The van der Waals surface area contributed by atoms with E-state index in [-0.39, 0.29) is 18.0 Å². The Labute approximate surface area is 180 Å². The zero-order valence-electron chi connectivity index (χ0n) is 17.3. The molecule has 1 amide bonds. The average molecular weight is 422 g/mol. The number of aromatic nitrogens is 2. The first-order valence-corrected chi connectivity index (χ1v) is 11.7. The second kappa shape index (κ2) is 7.99. The highest BCUT2D eigenvalue weighted by Crippen LogP contribution is 2.37. The standard InChI is InChI=1S/C24H27N3O2S/c1-16-21(18-8-3-2-4-9-18)22-23(30-16)25-15-27(24(22)29)14-20(28)26-12-11-17-7-5-6-10-19(17)13-26/h2-4,8-9,15,17,19H,5-7,10-14H2,1H3/t17-,19-/m1/s1. The third kappa shape index (κ3) is 3.47. The molecule has 0 radical (unpaired) electrons. The van der Waals surface area contributed by atoms with Crippen LogP contribution in [0.5, 0.6) is 0 Å². The number of fused-ring (bicyclic) bond motifs is 2. The molecule has 0 bridgehead atoms. The predicted octanol–water partition coefficient (Wildman–Crippen LogP) is 4.47. The molecule has 0 unspecified atom stereocenters. The van der Waals surface area contributed by atoms with Crippen molar-refractivity contribution in [1.29, 1.82) is 0 Å². The number of carbonyl (C=O) groups is 1. The summed E-state index contributed by atoms with van der Waals surface area (Å²) in [4.78, 5) is 34.7. The highest BCUT2D eigenvalue weighted by molar-refractivity contribution is 7.19. The Hall–Kier alpha value is -2.47. The van der Waals surface area contributed by atoms with Gasteiger partial charge in [0.15, 0.2) is 0 Å². The monoisotopic (exact) mass is 421 g/mol. The number of hydrogen-bond donors (Lipinski definition) is 0. The molecule has 1 saturated heterocycles. The lowest BCUT2D eigenvalue weighted by Gasteiger charge is -2.41. The van der Waals surface area contributed by atoms with E-state index in [9.17, 15) is 9.59 Å². The Morgan fingerprint density at radius 2 is 1.90 bits per heavy atom. The van der Waals surface area contributed by atoms with Gasteiger partial charge in [-0.3, -0.25) is 14.2 Å². The second-order valence-corrected chi connectivity index (χ2v) is 9.89. The van der Waals surface area contributed by atoms with Gasteiger partial charge in [-0.05, 0) is 37.2 Å². The van der Waals surface area contributed by atoms with E-state index in [0.717, 1.165) is 46.3 Å². The van der Waals surface area contributed by atoms with Crippen molar-refractivity contribution in [3.05, 3.63) is 51.9 Å². The summed E-state index contributed by atoms with van der Waals surface area (Å²) in [5.74, 6) is 1.46. The van der Waals surface area contributed by atoms with Crippen LogP contribution in [-0.4, -0.2) is 33.4 Å². The molecule has 1 aliphatic heterocycles. The van der Waals surface area contributed by atoms with Crippen LogP contribution in [0.25, 0.3) is 21.3 Å². The van der Waals surface area contributed by atoms with Crippen LogP contribution < -0.4 is 5.56 Å². The zero-order valence-corrected chi connectivity index (χ0v) is 18.2. The summed E-state index contributed by atoms with van der Waals surface area (Å²) in [7, 11) is 0. The van der Waals surface area contributed by atoms with Crippen molar-refractivity contribution in [3.63, 3.8) is 0 Å². The summed E-state index contributed by atoms with van der Waals surface area (Å²) in [5.41, 5.74) is 1.84. The van der Waals surface area contributed by atoms with Gasteiger partial charge in [-0.1, -0.05) is 49.6 Å². The van der Waals surface area contributed by atoms with Crippen LogP contribution in [0.4, 0.5) is 0 Å². The van der Waals surface area contributed by atoms with Gasteiger partial charge in [0.2, 0.25) is 5.91 Å². The summed E-state index contributed by atoms with van der Waals surface area (Å²) in [5, 5.41) is 0.630. The Kier molecular flexibility index (Phi) is 5.19. The third-order valence-corrected chi connectivity index (χ3v) is 7.88. The molecular weight excluding hydrogens is 394 g/mol. The quantitative estimate of drug-likeness (QED) is 0.627. The number of carbonyl (C=O) groups excluding carboxylic acids is 1. The molecule has 5 rings (SSSR count). The van der Waals surface area contributed by atoms with Crippen LogP contribution in [0.3, 0.4) is 0 Å². The van der Waals surface area contributed by atoms with Gasteiger partial charge in [0.25, 0.3) is 5.56 Å². The van der Waals surface area contributed by atoms with Gasteiger partial charge in [0.1, 0.15) is 11.4 Å². The topological polar surface area (TPSA) is 55.2 Å². The maximum Gasteiger partial charge on any atom is 0.263 e. The Balaban J connectivity index is 1.43. The van der Waals surface area contributed by atoms with Crippen LogP contribution in [0, 0.1) is 18.8 Å². The van der Waals surface area contributed by atoms with Crippen LogP contribution in [-0.2, 0) is 11.3 Å². The van der Waals surface area contributed by atoms with Crippen molar-refractivity contribution >= 4 is 27.5 Å². The molecule has 1 aromatic carbocycles. The minimum absolute atomic E-state index is 0.0375. The third-order valence-electron chi connectivity index (χ3n) is 6.87. The minimum Gasteiger partial charge on any atom is -0.341 e. The molecule has 2 fully saturated rings. The van der Waals surface area contributed by atoms with Crippen molar-refractivity contribution in [2.45, 2.75) is 45.6 Å². The van der Waals surface area contributed by atoms with Crippen LogP contribution in [0.2, 0.25) is 0 Å². The summed E-state index contributed by atoms with van der Waals surface area (Å²) >= 11 is 1.54. The van der Waals surface area contributed by atoms with Crippen molar-refractivity contribution in [1.82, 2.24) is 14.5 Å². The number of thiophene rings is 1. The first-order chi connectivity index (χ1) is 14.6. The molecule has 30 heavy (non-hydrogen) atoms. The lowest BCUT2D eigenvalue weighted by atomic mass is 9.75. The van der Waals surface area contributed by atoms with Crippen molar-refractivity contribution in [2.75, 3.05) is 13.1 Å². The molecule has 6 heteroatoms. The van der Waals surface area contributed by atoms with Crippen LogP contribution in [0.1, 0.15) is 37.0 Å². The number of hydrogen-bond acceptors (Lipinski definition) is 4. The Morgan fingerprint density at radius 1 is 1.13 bits per heavy atom. The molecule has 1 aliphatic carbocycles. The highest BCUT2D eigenvalue weighted by atomic mass is 32.1. The van der Waals surface area contributed by atoms with Crippen molar-refractivity contribution in [3.8, 4) is 11.1 Å². The lowest BCUT2D eigenvalue weighted by molar-refractivity contribution is -0.135. The van der Waals surface area contributed by atoms with Gasteiger partial charge >= 0.3 is 0 Å². The number of aryl methyl sites for hydroxylation is 1. The lowest BCUT2D eigenvalue weighted by Crippen LogP contribution is -2.46. The SMILES string of the molecule is Cc1sc2ncn(CC(=O)N3CC[C@H]4CCCC[C@@H]4C3)c(=O)c2c1-c1ccccc1. The number of rotatable bonds is 3. The summed E-state index contributed by atoms with van der Waals surface area (Å²) < 4.78 is 1.50. The number of amides is 1. The number of nitrogens with zero attached hydrogens (tertiary/aromatic N) is 3. The summed E-state index contributed by atoms with van der Waals surface area (Å²) in [6, 6.07) is 9.96. The molecule has 5 nitrogen and oxygen atoms in total. The van der Waals surface area contributed by atoms with E-state index in [1.54, 1.807) is 6.33 Å². The zero-order chi connectivity index (χ0) is 20.7. The summed E-state index contributed by atoms with van der Waals surface area (Å²) in [6.07, 6.45) is 7.80. The van der Waals surface area contributed by atoms with E-state index in [1.165, 1.54) is 41.6 Å². The van der Waals surface area contributed by atoms with E-state index in [1.807, 2.05) is 42.2 Å². The molecule has 3 aromatic rings. The molecule has 0 spiro atoms. The number of likely N-dealkylation sites (tertiary alicyclic amines) is 1. The maximum atomic E-state index is 13.3. The van der Waals surface area contributed by atoms with E-state index in [4.69, 9.17) is 0 Å². The normalized spacial score (nSPS) is 21.6. The summed E-state index contributed by atoms with van der Waals surface area (Å²) in [6.45, 7) is 3.76. The molecule has 2 aromatic heterocycles. The van der Waals surface area contributed by atoms with Gasteiger partial charge in [0.05, 0.1) is 11.7 Å². The van der Waals surface area contributed by atoms with E-state index >= 15 is 0 Å². The minimum atomic E-state index is -0.121. The number of piperidine rings is 1. The van der Waals surface area contributed by atoms with Crippen molar-refractivity contribution in [2.24, 2.45) is 11.8 Å². The predicted molar refractivity (Wildman–Crippen MR) is 121 cm³/mol. The first kappa shape index (κ1) is 19.5.